The van der Waals surface area contributed by atoms with Crippen LogP contribution in [0.2, 0.25) is 0 Å². The van der Waals surface area contributed by atoms with Crippen LogP contribution in [0.4, 0.5) is 0 Å². The van der Waals surface area contributed by atoms with Gasteiger partial charge < -0.3 is 5.11 Å². The standard InChI is InChI=1S/C15H12O3/c1-10-7-13(15(17)18)5-6-14(10)12-4-2-3-11(8-12)9-16/h2-9H,1H3,(H,17,18). The second-order valence-electron chi connectivity index (χ2n) is 4.08. The molecule has 0 saturated heterocycles. The van der Waals surface area contributed by atoms with Gasteiger partial charge in [-0.15, -0.1) is 0 Å². The fourth-order valence-electron chi connectivity index (χ4n) is 1.90. The molecule has 3 nitrogen and oxygen atoms in total. The molecular formula is C15H12O3. The molecule has 0 fully saturated rings. The molecule has 2 rings (SSSR count). The number of aryl methyl sites for hydroxylation is 1. The first-order valence-electron chi connectivity index (χ1n) is 5.51. The molecule has 0 unspecified atom stereocenters. The van der Waals surface area contributed by atoms with E-state index in [1.54, 1.807) is 30.3 Å². The lowest BCUT2D eigenvalue weighted by molar-refractivity contribution is 0.0696. The maximum atomic E-state index is 10.9. The van der Waals surface area contributed by atoms with Crippen molar-refractivity contribution in [1.82, 2.24) is 0 Å². The maximum absolute atomic E-state index is 10.9. The van der Waals surface area contributed by atoms with Gasteiger partial charge in [-0.2, -0.15) is 0 Å². The van der Waals surface area contributed by atoms with Crippen LogP contribution < -0.4 is 0 Å². The van der Waals surface area contributed by atoms with E-state index in [4.69, 9.17) is 5.11 Å². The van der Waals surface area contributed by atoms with Gasteiger partial charge in [-0.25, -0.2) is 4.79 Å². The van der Waals surface area contributed by atoms with Crippen LogP contribution in [0.3, 0.4) is 0 Å². The summed E-state index contributed by atoms with van der Waals surface area (Å²) in [4.78, 5) is 21.6. The third kappa shape index (κ3) is 2.30. The zero-order chi connectivity index (χ0) is 13.1. The Bertz CT molecular complexity index is 615. The number of aromatic carboxylic acids is 1. The van der Waals surface area contributed by atoms with Crippen molar-refractivity contribution in [3.05, 3.63) is 59.2 Å². The van der Waals surface area contributed by atoms with Crippen molar-refractivity contribution < 1.29 is 14.7 Å². The lowest BCUT2D eigenvalue weighted by Gasteiger charge is -2.07. The van der Waals surface area contributed by atoms with Crippen molar-refractivity contribution in [3.8, 4) is 11.1 Å². The molecule has 0 aromatic heterocycles. The van der Waals surface area contributed by atoms with Crippen molar-refractivity contribution in [2.75, 3.05) is 0 Å². The maximum Gasteiger partial charge on any atom is 0.335 e. The van der Waals surface area contributed by atoms with Crippen molar-refractivity contribution in [1.29, 1.82) is 0 Å². The van der Waals surface area contributed by atoms with Crippen LogP contribution >= 0.6 is 0 Å². The molecule has 0 spiro atoms. The summed E-state index contributed by atoms with van der Waals surface area (Å²) in [5.74, 6) is -0.939. The normalized spacial score (nSPS) is 10.1. The minimum absolute atomic E-state index is 0.266. The Balaban J connectivity index is 2.50. The van der Waals surface area contributed by atoms with Crippen LogP contribution in [0.5, 0.6) is 0 Å². The van der Waals surface area contributed by atoms with Gasteiger partial charge in [-0.05, 0) is 41.8 Å². The number of aldehydes is 1. The van der Waals surface area contributed by atoms with Gasteiger partial charge in [0, 0.05) is 5.56 Å². The quantitative estimate of drug-likeness (QED) is 0.838. The molecule has 0 saturated carbocycles. The lowest BCUT2D eigenvalue weighted by atomic mass is 9.97. The number of hydrogen-bond acceptors (Lipinski definition) is 2. The number of carbonyl (C=O) groups is 2. The monoisotopic (exact) mass is 240 g/mol. The molecule has 0 aliphatic carbocycles. The van der Waals surface area contributed by atoms with Crippen LogP contribution in [-0.4, -0.2) is 17.4 Å². The van der Waals surface area contributed by atoms with Gasteiger partial charge in [-0.3, -0.25) is 4.79 Å². The summed E-state index contributed by atoms with van der Waals surface area (Å²) in [6.07, 6.45) is 0.796. The molecule has 0 atom stereocenters. The summed E-state index contributed by atoms with van der Waals surface area (Å²) >= 11 is 0. The SMILES string of the molecule is Cc1cc(C(=O)O)ccc1-c1cccc(C=O)c1. The Kier molecular flexibility index (Phi) is 3.24. The van der Waals surface area contributed by atoms with Crippen molar-refractivity contribution >= 4 is 12.3 Å². The van der Waals surface area contributed by atoms with Crippen molar-refractivity contribution in [3.63, 3.8) is 0 Å². The molecule has 90 valence electrons. The number of carboxylic acids is 1. The largest absolute Gasteiger partial charge is 0.478 e. The minimum Gasteiger partial charge on any atom is -0.478 e. The number of rotatable bonds is 3. The molecular weight excluding hydrogens is 228 g/mol. The van der Waals surface area contributed by atoms with Gasteiger partial charge in [0.1, 0.15) is 6.29 Å². The second kappa shape index (κ2) is 4.84. The van der Waals surface area contributed by atoms with E-state index >= 15 is 0 Å². The Morgan fingerprint density at radius 3 is 2.56 bits per heavy atom. The van der Waals surface area contributed by atoms with Crippen LogP contribution in [0.15, 0.2) is 42.5 Å². The zero-order valence-electron chi connectivity index (χ0n) is 9.88. The highest BCUT2D eigenvalue weighted by atomic mass is 16.4. The van der Waals surface area contributed by atoms with Crippen LogP contribution in [0.1, 0.15) is 26.3 Å². The van der Waals surface area contributed by atoms with Crippen LogP contribution in [0, 0.1) is 6.92 Å². The average Bonchev–Trinajstić information content (AvgIpc) is 2.38. The summed E-state index contributed by atoms with van der Waals surface area (Å²) in [6, 6.07) is 12.2. The summed E-state index contributed by atoms with van der Waals surface area (Å²) in [7, 11) is 0. The highest BCUT2D eigenvalue weighted by Gasteiger charge is 2.07. The van der Waals surface area contributed by atoms with Gasteiger partial charge in [0.05, 0.1) is 5.56 Å². The average molecular weight is 240 g/mol. The number of carboxylic acid groups (broad SMARTS) is 1. The molecule has 18 heavy (non-hydrogen) atoms. The summed E-state index contributed by atoms with van der Waals surface area (Å²) in [5, 5.41) is 8.91. The van der Waals surface area contributed by atoms with Crippen LogP contribution in [0.25, 0.3) is 11.1 Å². The van der Waals surface area contributed by atoms with Gasteiger partial charge >= 0.3 is 5.97 Å². The zero-order valence-corrected chi connectivity index (χ0v) is 9.88. The molecule has 2 aromatic rings. The minimum atomic E-state index is -0.939. The fraction of sp³-hybridized carbons (Fsp3) is 0.0667. The molecule has 1 N–H and O–H groups in total. The predicted molar refractivity (Wildman–Crippen MR) is 69.0 cm³/mol. The van der Waals surface area contributed by atoms with Crippen molar-refractivity contribution in [2.45, 2.75) is 6.92 Å². The van der Waals surface area contributed by atoms with Crippen molar-refractivity contribution in [2.24, 2.45) is 0 Å². The molecule has 0 bridgehead atoms. The van der Waals surface area contributed by atoms with E-state index in [1.165, 1.54) is 0 Å². The van der Waals surface area contributed by atoms with E-state index in [1.807, 2.05) is 19.1 Å². The first-order valence-corrected chi connectivity index (χ1v) is 5.51. The topological polar surface area (TPSA) is 54.4 Å². The molecule has 0 aliphatic heterocycles. The smallest absolute Gasteiger partial charge is 0.335 e. The third-order valence-electron chi connectivity index (χ3n) is 2.81. The first kappa shape index (κ1) is 12.0. The Hall–Kier alpha value is -2.42. The van der Waals surface area contributed by atoms with E-state index < -0.39 is 5.97 Å². The summed E-state index contributed by atoms with van der Waals surface area (Å²) < 4.78 is 0. The van der Waals surface area contributed by atoms with Crippen LogP contribution in [-0.2, 0) is 0 Å². The Morgan fingerprint density at radius 2 is 1.94 bits per heavy atom. The fourth-order valence-corrected chi connectivity index (χ4v) is 1.90. The predicted octanol–water partition coefficient (Wildman–Crippen LogP) is 3.17. The summed E-state index contributed by atoms with van der Waals surface area (Å²) in [6.45, 7) is 1.86. The van der Waals surface area contributed by atoms with E-state index in [9.17, 15) is 9.59 Å². The van der Waals surface area contributed by atoms with E-state index in [0.29, 0.717) is 5.56 Å². The molecule has 2 aromatic carbocycles. The molecule has 0 amide bonds. The highest BCUT2D eigenvalue weighted by molar-refractivity contribution is 5.89. The molecule has 3 heteroatoms. The molecule has 0 radical (unpaired) electrons. The lowest BCUT2D eigenvalue weighted by Crippen LogP contribution is -1.97. The number of hydrogen-bond donors (Lipinski definition) is 1. The Morgan fingerprint density at radius 1 is 1.17 bits per heavy atom. The van der Waals surface area contributed by atoms with Gasteiger partial charge in [0.25, 0.3) is 0 Å². The molecule has 0 heterocycles. The third-order valence-corrected chi connectivity index (χ3v) is 2.81. The van der Waals surface area contributed by atoms with E-state index in [-0.39, 0.29) is 5.56 Å². The second-order valence-corrected chi connectivity index (χ2v) is 4.08. The first-order chi connectivity index (χ1) is 8.61. The van der Waals surface area contributed by atoms with Gasteiger partial charge in [-0.1, -0.05) is 24.3 Å². The summed E-state index contributed by atoms with van der Waals surface area (Å²) in [5.41, 5.74) is 3.59. The molecule has 0 aliphatic rings. The van der Waals surface area contributed by atoms with Gasteiger partial charge in [0.15, 0.2) is 0 Å². The highest BCUT2D eigenvalue weighted by Crippen LogP contribution is 2.24. The number of carbonyl (C=O) groups excluding carboxylic acids is 1. The Labute approximate surface area is 105 Å². The van der Waals surface area contributed by atoms with E-state index in [0.717, 1.165) is 23.0 Å². The van der Waals surface area contributed by atoms with E-state index in [2.05, 4.69) is 0 Å². The van der Waals surface area contributed by atoms with Gasteiger partial charge in [0.2, 0.25) is 0 Å². The number of benzene rings is 2.